The van der Waals surface area contributed by atoms with Crippen molar-refractivity contribution in [3.8, 4) is 0 Å². The zero-order valence-electron chi connectivity index (χ0n) is 9.35. The van der Waals surface area contributed by atoms with E-state index >= 15 is 0 Å². The molecule has 0 amide bonds. The molecule has 2 fully saturated rings. The highest BCUT2D eigenvalue weighted by molar-refractivity contribution is 5.76. The van der Waals surface area contributed by atoms with Crippen molar-refractivity contribution >= 4 is 11.9 Å². The van der Waals surface area contributed by atoms with Crippen molar-refractivity contribution in [3.05, 3.63) is 0 Å². The van der Waals surface area contributed by atoms with E-state index in [2.05, 4.69) is 6.92 Å². The van der Waals surface area contributed by atoms with Gasteiger partial charge in [0.15, 0.2) is 0 Å². The Hall–Kier alpha value is -1.10. The van der Waals surface area contributed by atoms with E-state index in [1.807, 2.05) is 0 Å². The van der Waals surface area contributed by atoms with E-state index in [0.717, 1.165) is 12.8 Å². The molecular formula is C11H17NO4. The number of nitrogens with two attached hydrogens (primary N) is 1. The molecule has 4 unspecified atom stereocenters. The van der Waals surface area contributed by atoms with Gasteiger partial charge in [0, 0.05) is 0 Å². The van der Waals surface area contributed by atoms with Gasteiger partial charge in [-0.25, -0.2) is 0 Å². The zero-order valence-corrected chi connectivity index (χ0v) is 9.35. The highest BCUT2D eigenvalue weighted by Crippen LogP contribution is 2.40. The van der Waals surface area contributed by atoms with Crippen LogP contribution in [0.5, 0.6) is 0 Å². The molecular weight excluding hydrogens is 210 g/mol. The van der Waals surface area contributed by atoms with Crippen LogP contribution >= 0.6 is 0 Å². The van der Waals surface area contributed by atoms with Crippen LogP contribution in [-0.2, 0) is 19.1 Å². The van der Waals surface area contributed by atoms with Crippen LogP contribution < -0.4 is 5.73 Å². The predicted octanol–water partition coefficient (Wildman–Crippen LogP) is 0.0760. The first kappa shape index (κ1) is 11.4. The minimum absolute atomic E-state index is 0.140. The fraction of sp³-hybridized carbons (Fsp3) is 0.818. The lowest BCUT2D eigenvalue weighted by Crippen LogP contribution is -2.33. The fourth-order valence-electron chi connectivity index (χ4n) is 2.55. The first-order valence-electron chi connectivity index (χ1n) is 5.68. The van der Waals surface area contributed by atoms with Gasteiger partial charge in [0.1, 0.15) is 6.10 Å². The van der Waals surface area contributed by atoms with Crippen molar-refractivity contribution in [1.82, 2.24) is 0 Å². The van der Waals surface area contributed by atoms with Crippen LogP contribution in [-0.4, -0.2) is 31.2 Å². The maximum absolute atomic E-state index is 11.7. The summed E-state index contributed by atoms with van der Waals surface area (Å²) in [7, 11) is 0. The molecule has 0 spiro atoms. The lowest BCUT2D eigenvalue weighted by molar-refractivity contribution is -0.160. The van der Waals surface area contributed by atoms with Crippen molar-refractivity contribution in [2.45, 2.75) is 25.9 Å². The van der Waals surface area contributed by atoms with E-state index < -0.39 is 5.97 Å². The molecule has 1 saturated heterocycles. The quantitative estimate of drug-likeness (QED) is 0.676. The lowest BCUT2D eigenvalue weighted by Gasteiger charge is -2.22. The van der Waals surface area contributed by atoms with Gasteiger partial charge in [-0.05, 0) is 24.7 Å². The van der Waals surface area contributed by atoms with Crippen molar-refractivity contribution < 1.29 is 19.1 Å². The van der Waals surface area contributed by atoms with Gasteiger partial charge in [0.2, 0.25) is 0 Å². The van der Waals surface area contributed by atoms with Crippen molar-refractivity contribution in [2.75, 3.05) is 13.2 Å². The van der Waals surface area contributed by atoms with Gasteiger partial charge in [-0.1, -0.05) is 6.92 Å². The van der Waals surface area contributed by atoms with Crippen molar-refractivity contribution in [1.29, 1.82) is 0 Å². The van der Waals surface area contributed by atoms with Crippen LogP contribution in [0.3, 0.4) is 0 Å². The van der Waals surface area contributed by atoms with Crippen LogP contribution in [0.4, 0.5) is 0 Å². The smallest absolute Gasteiger partial charge is 0.319 e. The summed E-state index contributed by atoms with van der Waals surface area (Å²) in [6.45, 7) is 2.41. The molecule has 2 bridgehead atoms. The van der Waals surface area contributed by atoms with Crippen molar-refractivity contribution in [3.63, 3.8) is 0 Å². The molecule has 1 aliphatic carbocycles. The standard InChI is InChI=1S/C11H17NO4/c1-6-5-15-11(14)8-2-7(6)3-9(8)16-10(13)4-12/h6-9H,2-5,12H2,1H3. The van der Waals surface area contributed by atoms with Crippen molar-refractivity contribution in [2.24, 2.45) is 23.5 Å². The highest BCUT2D eigenvalue weighted by Gasteiger charge is 2.46. The first-order chi connectivity index (χ1) is 7.61. The summed E-state index contributed by atoms with van der Waals surface area (Å²) in [5.74, 6) is -0.216. The third-order valence-corrected chi connectivity index (χ3v) is 3.59. The maximum atomic E-state index is 11.7. The summed E-state index contributed by atoms with van der Waals surface area (Å²) in [5.41, 5.74) is 5.19. The summed E-state index contributed by atoms with van der Waals surface area (Å²) < 4.78 is 10.3. The molecule has 0 aromatic carbocycles. The SMILES string of the molecule is CC1COC(=O)C2CC1CC2OC(=O)CN. The first-order valence-corrected chi connectivity index (χ1v) is 5.68. The number of esters is 2. The summed E-state index contributed by atoms with van der Waals surface area (Å²) in [4.78, 5) is 22.8. The Morgan fingerprint density at radius 2 is 2.31 bits per heavy atom. The van der Waals surface area contributed by atoms with Crippen LogP contribution in [0.25, 0.3) is 0 Å². The Kier molecular flexibility index (Phi) is 3.14. The number of hydrogen-bond acceptors (Lipinski definition) is 5. The molecule has 0 aromatic rings. The fourth-order valence-corrected chi connectivity index (χ4v) is 2.55. The van der Waals surface area contributed by atoms with Crippen LogP contribution in [0, 0.1) is 17.8 Å². The van der Waals surface area contributed by atoms with Gasteiger partial charge in [-0.15, -0.1) is 0 Å². The third kappa shape index (κ3) is 2.04. The molecule has 5 nitrogen and oxygen atoms in total. The molecule has 2 aliphatic rings. The Morgan fingerprint density at radius 1 is 1.56 bits per heavy atom. The predicted molar refractivity (Wildman–Crippen MR) is 55.3 cm³/mol. The molecule has 90 valence electrons. The number of ether oxygens (including phenoxy) is 2. The number of fused-ring (bicyclic) bond motifs is 2. The molecule has 1 saturated carbocycles. The van der Waals surface area contributed by atoms with E-state index in [1.165, 1.54) is 0 Å². The second kappa shape index (κ2) is 4.41. The molecule has 0 aromatic heterocycles. The van der Waals surface area contributed by atoms with E-state index in [1.54, 1.807) is 0 Å². The largest absolute Gasteiger partial charge is 0.465 e. The monoisotopic (exact) mass is 227 g/mol. The zero-order chi connectivity index (χ0) is 11.7. The number of hydrogen-bond donors (Lipinski definition) is 1. The Labute approximate surface area is 94.3 Å². The lowest BCUT2D eigenvalue weighted by atomic mass is 9.93. The average Bonchev–Trinajstić information content (AvgIpc) is 2.63. The molecule has 1 heterocycles. The molecule has 1 aliphatic heterocycles. The minimum Gasteiger partial charge on any atom is -0.465 e. The Balaban J connectivity index is 2.06. The van der Waals surface area contributed by atoms with Gasteiger partial charge in [0.05, 0.1) is 19.1 Å². The highest BCUT2D eigenvalue weighted by atomic mass is 16.6. The number of cyclic esters (lactones) is 1. The topological polar surface area (TPSA) is 78.6 Å². The number of carbonyl (C=O) groups excluding carboxylic acids is 2. The Morgan fingerprint density at radius 3 is 3.00 bits per heavy atom. The molecule has 2 N–H and O–H groups in total. The van der Waals surface area contributed by atoms with Crippen LogP contribution in [0.1, 0.15) is 19.8 Å². The summed E-state index contributed by atoms with van der Waals surface area (Å²) >= 11 is 0. The molecule has 4 atom stereocenters. The summed E-state index contributed by atoms with van der Waals surface area (Å²) in [6, 6.07) is 0. The van der Waals surface area contributed by atoms with E-state index in [-0.39, 0.29) is 24.5 Å². The minimum atomic E-state index is -0.448. The van der Waals surface area contributed by atoms with Gasteiger partial charge in [-0.2, -0.15) is 0 Å². The van der Waals surface area contributed by atoms with Gasteiger partial charge < -0.3 is 15.2 Å². The second-order valence-electron chi connectivity index (χ2n) is 4.68. The molecule has 0 radical (unpaired) electrons. The number of rotatable bonds is 2. The van der Waals surface area contributed by atoms with E-state index in [0.29, 0.717) is 18.4 Å². The second-order valence-corrected chi connectivity index (χ2v) is 4.68. The Bertz CT molecular complexity index is 304. The normalized spacial score (nSPS) is 37.8. The average molecular weight is 227 g/mol. The summed E-state index contributed by atoms with van der Waals surface area (Å²) in [5, 5.41) is 0. The molecule has 5 heteroatoms. The van der Waals surface area contributed by atoms with Gasteiger partial charge >= 0.3 is 11.9 Å². The van der Waals surface area contributed by atoms with Gasteiger partial charge in [-0.3, -0.25) is 9.59 Å². The van der Waals surface area contributed by atoms with Crippen LogP contribution in [0.15, 0.2) is 0 Å². The van der Waals surface area contributed by atoms with E-state index in [9.17, 15) is 9.59 Å². The third-order valence-electron chi connectivity index (χ3n) is 3.59. The molecule has 2 rings (SSSR count). The number of carbonyl (C=O) groups is 2. The van der Waals surface area contributed by atoms with Crippen LogP contribution in [0.2, 0.25) is 0 Å². The summed E-state index contributed by atoms with van der Waals surface area (Å²) in [6.07, 6.45) is 1.19. The van der Waals surface area contributed by atoms with Gasteiger partial charge in [0.25, 0.3) is 0 Å². The molecule has 16 heavy (non-hydrogen) atoms. The maximum Gasteiger partial charge on any atom is 0.319 e. The van der Waals surface area contributed by atoms with E-state index in [4.69, 9.17) is 15.2 Å².